The standard InChI is InChI=1S/C25H30N6OS/c1-12(2)20-21-14(4)23(18-7-17-6-15(18)8-30(17)10-19(26)32)33-25(21)29-22(20)16-5-13(3)24-27-11-28-31(24)9-16/h5,9,11-12,15,17-18,29H,6-8,10H2,1-4H3,(H2,26,32)/t15?,17?,18-/m1/s1. The quantitative estimate of drug-likeness (QED) is 0.461. The molecule has 0 radical (unpaired) electrons. The Kier molecular flexibility index (Phi) is 4.68. The summed E-state index contributed by atoms with van der Waals surface area (Å²) >= 11 is 1.93. The molecule has 2 bridgehead atoms. The van der Waals surface area contributed by atoms with Crippen molar-refractivity contribution in [1.82, 2.24) is 24.5 Å². The van der Waals surface area contributed by atoms with Crippen molar-refractivity contribution < 1.29 is 4.79 Å². The lowest BCUT2D eigenvalue weighted by Crippen LogP contribution is -2.40. The van der Waals surface area contributed by atoms with Crippen molar-refractivity contribution >= 4 is 33.1 Å². The van der Waals surface area contributed by atoms with Gasteiger partial charge >= 0.3 is 0 Å². The Balaban J connectivity index is 1.41. The largest absolute Gasteiger partial charge is 0.369 e. The molecule has 172 valence electrons. The number of nitrogens with two attached hydrogens (primary N) is 1. The first-order valence-electron chi connectivity index (χ1n) is 11.8. The minimum Gasteiger partial charge on any atom is -0.369 e. The number of H-pyrrole nitrogens is 1. The fourth-order valence-corrected chi connectivity index (χ4v) is 7.83. The first kappa shape index (κ1) is 20.9. The number of amides is 1. The van der Waals surface area contributed by atoms with Gasteiger partial charge in [-0.25, -0.2) is 9.50 Å². The number of carbonyl (C=O) groups excluding carboxylic acids is 1. The highest BCUT2D eigenvalue weighted by molar-refractivity contribution is 7.19. The molecular formula is C25H30N6OS. The number of aromatic amines is 1. The smallest absolute Gasteiger partial charge is 0.231 e. The zero-order valence-corrected chi connectivity index (χ0v) is 20.4. The average Bonchev–Trinajstić information content (AvgIpc) is 3.53. The molecule has 8 heteroatoms. The SMILES string of the molecule is Cc1c([C@@H]2CC3CC2CN3CC(N)=O)sc2[nH]c(-c3cc(C)c4ncnn4c3)c(C(C)C)c12. The van der Waals surface area contributed by atoms with Crippen LogP contribution in [0, 0.1) is 19.8 Å². The number of fused-ring (bicyclic) bond motifs is 4. The van der Waals surface area contributed by atoms with E-state index in [-0.39, 0.29) is 5.91 Å². The molecule has 1 saturated carbocycles. The Hall–Kier alpha value is -2.71. The van der Waals surface area contributed by atoms with Crippen LogP contribution in [0.15, 0.2) is 18.6 Å². The number of likely N-dealkylation sites (tertiary alicyclic amines) is 1. The Morgan fingerprint density at radius 3 is 2.85 bits per heavy atom. The van der Waals surface area contributed by atoms with Crippen molar-refractivity contribution in [2.75, 3.05) is 13.1 Å². The summed E-state index contributed by atoms with van der Waals surface area (Å²) in [5.41, 5.74) is 12.7. The lowest BCUT2D eigenvalue weighted by Gasteiger charge is -2.30. The maximum atomic E-state index is 11.4. The molecule has 0 aromatic carbocycles. The van der Waals surface area contributed by atoms with Crippen LogP contribution < -0.4 is 5.73 Å². The fourth-order valence-electron chi connectivity index (χ4n) is 6.40. The molecular weight excluding hydrogens is 432 g/mol. The van der Waals surface area contributed by atoms with Gasteiger partial charge in [-0.15, -0.1) is 11.3 Å². The van der Waals surface area contributed by atoms with Gasteiger partial charge in [-0.05, 0) is 67.2 Å². The minimum absolute atomic E-state index is 0.215. The summed E-state index contributed by atoms with van der Waals surface area (Å²) in [5, 5.41) is 5.77. The summed E-state index contributed by atoms with van der Waals surface area (Å²) in [6.07, 6.45) is 6.01. The molecule has 1 amide bonds. The number of primary amides is 1. The van der Waals surface area contributed by atoms with E-state index in [1.54, 1.807) is 6.33 Å². The lowest BCUT2D eigenvalue weighted by molar-refractivity contribution is -0.119. The molecule has 4 aromatic rings. The maximum absolute atomic E-state index is 11.4. The molecule has 2 fully saturated rings. The van der Waals surface area contributed by atoms with Crippen molar-refractivity contribution in [3.8, 4) is 11.3 Å². The molecule has 6 rings (SSSR count). The molecule has 7 nitrogen and oxygen atoms in total. The first-order valence-corrected chi connectivity index (χ1v) is 12.6. The molecule has 2 aliphatic rings. The van der Waals surface area contributed by atoms with E-state index >= 15 is 0 Å². The maximum Gasteiger partial charge on any atom is 0.231 e. The second-order valence-corrected chi connectivity index (χ2v) is 11.2. The van der Waals surface area contributed by atoms with Crippen LogP contribution in [-0.2, 0) is 4.79 Å². The Labute approximate surface area is 197 Å². The third-order valence-electron chi connectivity index (χ3n) is 7.74. The van der Waals surface area contributed by atoms with Crippen molar-refractivity contribution in [2.24, 2.45) is 11.7 Å². The number of nitrogens with zero attached hydrogens (tertiary/aromatic N) is 4. The van der Waals surface area contributed by atoms with Crippen LogP contribution in [-0.4, -0.2) is 49.5 Å². The van der Waals surface area contributed by atoms with E-state index in [0.29, 0.717) is 30.3 Å². The Morgan fingerprint density at radius 1 is 1.33 bits per heavy atom. The number of thiophene rings is 1. The van der Waals surface area contributed by atoms with E-state index in [1.807, 2.05) is 15.9 Å². The van der Waals surface area contributed by atoms with Gasteiger partial charge in [0.15, 0.2) is 5.65 Å². The number of hydrogen-bond donors (Lipinski definition) is 2. The fraction of sp³-hybridized carbons (Fsp3) is 0.480. The topological polar surface area (TPSA) is 92.3 Å². The van der Waals surface area contributed by atoms with Crippen molar-refractivity contribution in [2.45, 2.75) is 58.4 Å². The summed E-state index contributed by atoms with van der Waals surface area (Å²) < 4.78 is 1.87. The third kappa shape index (κ3) is 3.14. The molecule has 1 saturated heterocycles. The molecule has 33 heavy (non-hydrogen) atoms. The second kappa shape index (κ2) is 7.40. The van der Waals surface area contributed by atoms with Gasteiger partial charge in [0.05, 0.1) is 12.2 Å². The van der Waals surface area contributed by atoms with Crippen molar-refractivity contribution in [1.29, 1.82) is 0 Å². The number of hydrogen-bond acceptors (Lipinski definition) is 5. The van der Waals surface area contributed by atoms with E-state index in [0.717, 1.165) is 29.7 Å². The number of aromatic nitrogens is 4. The molecule has 3 N–H and O–H groups in total. The molecule has 3 atom stereocenters. The Bertz CT molecular complexity index is 1400. The third-order valence-corrected chi connectivity index (χ3v) is 9.08. The van der Waals surface area contributed by atoms with Crippen molar-refractivity contribution in [3.05, 3.63) is 40.2 Å². The van der Waals surface area contributed by atoms with Crippen molar-refractivity contribution in [3.63, 3.8) is 0 Å². The van der Waals surface area contributed by atoms with Crippen LogP contribution >= 0.6 is 11.3 Å². The number of nitrogens with one attached hydrogen (secondary N) is 1. The highest BCUT2D eigenvalue weighted by Crippen LogP contribution is 2.52. The van der Waals surface area contributed by atoms with Gasteiger partial charge in [0.25, 0.3) is 0 Å². The molecule has 0 spiro atoms. The summed E-state index contributed by atoms with van der Waals surface area (Å²) in [7, 11) is 0. The van der Waals surface area contributed by atoms with Crippen LogP contribution in [0.3, 0.4) is 0 Å². The second-order valence-electron chi connectivity index (χ2n) is 10.2. The lowest BCUT2D eigenvalue weighted by atomic mass is 9.89. The molecule has 1 aliphatic carbocycles. The van der Waals surface area contributed by atoms with E-state index < -0.39 is 0 Å². The molecule has 4 aromatic heterocycles. The molecule has 1 aliphatic heterocycles. The normalized spacial score (nSPS) is 23.0. The summed E-state index contributed by atoms with van der Waals surface area (Å²) in [4.78, 5) is 24.7. The van der Waals surface area contributed by atoms with E-state index in [9.17, 15) is 4.79 Å². The summed E-state index contributed by atoms with van der Waals surface area (Å²) in [6, 6.07) is 2.70. The van der Waals surface area contributed by atoms with Gasteiger partial charge in [0, 0.05) is 34.6 Å². The number of aryl methyl sites for hydroxylation is 2. The predicted octanol–water partition coefficient (Wildman–Crippen LogP) is 4.34. The summed E-state index contributed by atoms with van der Waals surface area (Å²) in [5.74, 6) is 1.39. The van der Waals surface area contributed by atoms with Crippen LogP contribution in [0.2, 0.25) is 0 Å². The van der Waals surface area contributed by atoms with E-state index in [4.69, 9.17) is 5.73 Å². The average molecular weight is 463 g/mol. The van der Waals surface area contributed by atoms with Crippen LogP contribution in [0.5, 0.6) is 0 Å². The van der Waals surface area contributed by atoms with Gasteiger partial charge in [-0.3, -0.25) is 9.69 Å². The van der Waals surface area contributed by atoms with Gasteiger partial charge in [0.1, 0.15) is 11.2 Å². The van der Waals surface area contributed by atoms with Gasteiger partial charge in [-0.2, -0.15) is 5.10 Å². The van der Waals surface area contributed by atoms with Gasteiger partial charge < -0.3 is 10.7 Å². The summed E-state index contributed by atoms with van der Waals surface area (Å²) in [6.45, 7) is 10.3. The Morgan fingerprint density at radius 2 is 2.15 bits per heavy atom. The monoisotopic (exact) mass is 462 g/mol. The van der Waals surface area contributed by atoms with Crippen LogP contribution in [0.4, 0.5) is 0 Å². The van der Waals surface area contributed by atoms with E-state index in [2.05, 4.69) is 59.9 Å². The highest BCUT2D eigenvalue weighted by Gasteiger charge is 2.46. The van der Waals surface area contributed by atoms with E-state index in [1.165, 1.54) is 38.3 Å². The number of piperidine rings is 1. The number of pyridine rings is 1. The molecule has 2 unspecified atom stereocenters. The molecule has 5 heterocycles. The number of rotatable bonds is 5. The van der Waals surface area contributed by atoms with Crippen LogP contribution in [0.1, 0.15) is 60.1 Å². The number of carbonyl (C=O) groups is 1. The zero-order chi connectivity index (χ0) is 23.0. The first-order chi connectivity index (χ1) is 15.8. The highest BCUT2D eigenvalue weighted by atomic mass is 32.1. The zero-order valence-electron chi connectivity index (χ0n) is 19.6. The van der Waals surface area contributed by atoms with Gasteiger partial charge in [-0.1, -0.05) is 13.8 Å². The minimum atomic E-state index is -0.215. The predicted molar refractivity (Wildman–Crippen MR) is 132 cm³/mol. The van der Waals surface area contributed by atoms with Crippen LogP contribution in [0.25, 0.3) is 27.1 Å². The van der Waals surface area contributed by atoms with Gasteiger partial charge in [0.2, 0.25) is 5.91 Å².